The number of nitrogens with two attached hydrogens (primary N) is 1. The van der Waals surface area contributed by atoms with Crippen molar-refractivity contribution in [1.82, 2.24) is 4.90 Å². The Labute approximate surface area is 80.3 Å². The number of carbonyl (C=O) groups excluding carboxylic acids is 1. The third-order valence-electron chi connectivity index (χ3n) is 2.64. The van der Waals surface area contributed by atoms with E-state index in [1.807, 2.05) is 27.8 Å². The van der Waals surface area contributed by atoms with Crippen LogP contribution < -0.4 is 5.73 Å². The van der Waals surface area contributed by atoms with Gasteiger partial charge in [0, 0.05) is 13.1 Å². The van der Waals surface area contributed by atoms with Crippen molar-refractivity contribution in [3.05, 3.63) is 0 Å². The Hall–Kier alpha value is -0.570. The van der Waals surface area contributed by atoms with Crippen molar-refractivity contribution in [2.24, 2.45) is 11.1 Å². The van der Waals surface area contributed by atoms with E-state index in [-0.39, 0.29) is 17.4 Å². The fourth-order valence-corrected chi connectivity index (χ4v) is 1.23. The van der Waals surface area contributed by atoms with Gasteiger partial charge in [-0.3, -0.25) is 4.79 Å². The van der Waals surface area contributed by atoms with Crippen molar-refractivity contribution in [3.63, 3.8) is 0 Å². The molecule has 13 heavy (non-hydrogen) atoms. The van der Waals surface area contributed by atoms with Crippen LogP contribution in [0, 0.1) is 5.41 Å². The number of hydrogen-bond acceptors (Lipinski definition) is 2. The van der Waals surface area contributed by atoms with Gasteiger partial charge in [-0.05, 0) is 18.3 Å². The molecule has 0 unspecified atom stereocenters. The highest BCUT2D eigenvalue weighted by Gasteiger charge is 2.36. The first-order chi connectivity index (χ1) is 5.84. The van der Waals surface area contributed by atoms with E-state index in [1.54, 1.807) is 4.90 Å². The molecule has 0 heterocycles. The number of hydrogen-bond donors (Lipinski definition) is 1. The summed E-state index contributed by atoms with van der Waals surface area (Å²) < 4.78 is 0. The first-order valence-corrected chi connectivity index (χ1v) is 4.86. The molecule has 3 nitrogen and oxygen atoms in total. The molecule has 1 fully saturated rings. The summed E-state index contributed by atoms with van der Waals surface area (Å²) in [5.41, 5.74) is 5.73. The molecule has 1 saturated carbocycles. The van der Waals surface area contributed by atoms with Crippen LogP contribution in [0.1, 0.15) is 33.6 Å². The van der Waals surface area contributed by atoms with Crippen LogP contribution in [0.3, 0.4) is 0 Å². The lowest BCUT2D eigenvalue weighted by Crippen LogP contribution is -2.49. The van der Waals surface area contributed by atoms with Crippen molar-refractivity contribution in [3.8, 4) is 0 Å². The smallest absolute Gasteiger partial charge is 0.240 e. The minimum absolute atomic E-state index is 0.0787. The van der Waals surface area contributed by atoms with Gasteiger partial charge in [0.25, 0.3) is 0 Å². The van der Waals surface area contributed by atoms with Gasteiger partial charge in [-0.25, -0.2) is 0 Å². The lowest BCUT2D eigenvalue weighted by Gasteiger charge is -2.29. The van der Waals surface area contributed by atoms with Crippen molar-refractivity contribution in [2.75, 3.05) is 7.05 Å². The van der Waals surface area contributed by atoms with Crippen LogP contribution in [0.25, 0.3) is 0 Å². The maximum atomic E-state index is 11.8. The standard InChI is InChI=1S/C10H20N2O/c1-10(2,3)8(11)9(13)12(4)7-5-6-7/h7-8H,5-6,11H2,1-4H3/t8-/m0/s1. The fraction of sp³-hybridized carbons (Fsp3) is 0.900. The SMILES string of the molecule is CN(C(=O)[C@H](N)C(C)(C)C)C1CC1. The van der Waals surface area contributed by atoms with Crippen molar-refractivity contribution in [2.45, 2.75) is 45.7 Å². The molecule has 0 aromatic heterocycles. The monoisotopic (exact) mass is 184 g/mol. The Morgan fingerprint density at radius 3 is 2.23 bits per heavy atom. The van der Waals surface area contributed by atoms with E-state index in [1.165, 1.54) is 0 Å². The average Bonchev–Trinajstić information content (AvgIpc) is 2.81. The summed E-state index contributed by atoms with van der Waals surface area (Å²) in [5.74, 6) is 0.0787. The molecule has 1 atom stereocenters. The van der Waals surface area contributed by atoms with Gasteiger partial charge in [-0.2, -0.15) is 0 Å². The number of likely N-dealkylation sites (N-methyl/N-ethyl adjacent to an activating group) is 1. The minimum Gasteiger partial charge on any atom is -0.341 e. The second-order valence-electron chi connectivity index (χ2n) is 5.02. The molecule has 0 aromatic rings. The Balaban J connectivity index is 2.55. The van der Waals surface area contributed by atoms with Gasteiger partial charge in [-0.1, -0.05) is 20.8 Å². The summed E-state index contributed by atoms with van der Waals surface area (Å²) >= 11 is 0. The van der Waals surface area contributed by atoms with Crippen LogP contribution in [0.2, 0.25) is 0 Å². The van der Waals surface area contributed by atoms with Gasteiger partial charge < -0.3 is 10.6 Å². The summed E-state index contributed by atoms with van der Waals surface area (Å²) in [5, 5.41) is 0. The Kier molecular flexibility index (Phi) is 2.66. The fourth-order valence-electron chi connectivity index (χ4n) is 1.23. The highest BCUT2D eigenvalue weighted by atomic mass is 16.2. The predicted octanol–water partition coefficient (Wildman–Crippen LogP) is 0.981. The first-order valence-electron chi connectivity index (χ1n) is 4.86. The van der Waals surface area contributed by atoms with Crippen molar-refractivity contribution >= 4 is 5.91 Å². The van der Waals surface area contributed by atoms with Crippen LogP contribution >= 0.6 is 0 Å². The lowest BCUT2D eigenvalue weighted by atomic mass is 9.86. The van der Waals surface area contributed by atoms with Crippen molar-refractivity contribution < 1.29 is 4.79 Å². The summed E-state index contributed by atoms with van der Waals surface area (Å²) in [6.07, 6.45) is 2.28. The molecular formula is C10H20N2O. The molecule has 0 aliphatic heterocycles. The maximum absolute atomic E-state index is 11.8. The second-order valence-corrected chi connectivity index (χ2v) is 5.02. The van der Waals surface area contributed by atoms with Gasteiger partial charge in [0.05, 0.1) is 6.04 Å². The normalized spacial score (nSPS) is 19.8. The molecule has 1 aliphatic carbocycles. The Morgan fingerprint density at radius 2 is 1.92 bits per heavy atom. The first kappa shape index (κ1) is 10.5. The van der Waals surface area contributed by atoms with Crippen molar-refractivity contribution in [1.29, 1.82) is 0 Å². The molecule has 1 aliphatic rings. The van der Waals surface area contributed by atoms with Crippen LogP contribution in [-0.2, 0) is 4.79 Å². The number of carbonyl (C=O) groups is 1. The average molecular weight is 184 g/mol. The highest BCUT2D eigenvalue weighted by molar-refractivity contribution is 5.82. The highest BCUT2D eigenvalue weighted by Crippen LogP contribution is 2.28. The third kappa shape index (κ3) is 2.44. The summed E-state index contributed by atoms with van der Waals surface area (Å²) in [6, 6.07) is 0.0824. The molecule has 1 rings (SSSR count). The van der Waals surface area contributed by atoms with Gasteiger partial charge in [0.1, 0.15) is 0 Å². The molecule has 3 heteroatoms. The van der Waals surface area contributed by atoms with E-state index in [4.69, 9.17) is 5.73 Å². The summed E-state index contributed by atoms with van der Waals surface area (Å²) in [7, 11) is 1.85. The molecule has 0 spiro atoms. The quantitative estimate of drug-likeness (QED) is 0.695. The summed E-state index contributed by atoms with van der Waals surface area (Å²) in [4.78, 5) is 13.6. The Bertz CT molecular complexity index is 203. The number of rotatable bonds is 2. The molecule has 0 aromatic carbocycles. The zero-order chi connectivity index (χ0) is 10.2. The molecule has 1 amide bonds. The number of amides is 1. The van der Waals surface area contributed by atoms with Gasteiger partial charge in [0.15, 0.2) is 0 Å². The van der Waals surface area contributed by atoms with E-state index < -0.39 is 0 Å². The van der Waals surface area contributed by atoms with E-state index >= 15 is 0 Å². The maximum Gasteiger partial charge on any atom is 0.240 e. The van der Waals surface area contributed by atoms with E-state index in [0.29, 0.717) is 6.04 Å². The van der Waals surface area contributed by atoms with Crippen LogP contribution in [0.4, 0.5) is 0 Å². The zero-order valence-corrected chi connectivity index (χ0v) is 9.00. The molecule has 0 saturated heterocycles. The van der Waals surface area contributed by atoms with Gasteiger partial charge >= 0.3 is 0 Å². The number of nitrogens with zero attached hydrogens (tertiary/aromatic N) is 1. The largest absolute Gasteiger partial charge is 0.341 e. The molecular weight excluding hydrogens is 164 g/mol. The molecule has 0 bridgehead atoms. The van der Waals surface area contributed by atoms with Gasteiger partial charge in [0.2, 0.25) is 5.91 Å². The van der Waals surface area contributed by atoms with Crippen LogP contribution in [-0.4, -0.2) is 29.9 Å². The third-order valence-corrected chi connectivity index (χ3v) is 2.64. The zero-order valence-electron chi connectivity index (χ0n) is 9.00. The summed E-state index contributed by atoms with van der Waals surface area (Å²) in [6.45, 7) is 5.99. The Morgan fingerprint density at radius 1 is 1.46 bits per heavy atom. The van der Waals surface area contributed by atoms with Crippen LogP contribution in [0.15, 0.2) is 0 Å². The topological polar surface area (TPSA) is 46.3 Å². The molecule has 76 valence electrons. The van der Waals surface area contributed by atoms with Gasteiger partial charge in [-0.15, -0.1) is 0 Å². The second kappa shape index (κ2) is 3.29. The minimum atomic E-state index is -0.377. The lowest BCUT2D eigenvalue weighted by molar-refractivity contribution is -0.134. The molecule has 0 radical (unpaired) electrons. The van der Waals surface area contributed by atoms with E-state index in [2.05, 4.69) is 0 Å². The van der Waals surface area contributed by atoms with Crippen LogP contribution in [0.5, 0.6) is 0 Å². The van der Waals surface area contributed by atoms with E-state index in [9.17, 15) is 4.79 Å². The molecule has 2 N–H and O–H groups in total. The van der Waals surface area contributed by atoms with E-state index in [0.717, 1.165) is 12.8 Å². The predicted molar refractivity (Wildman–Crippen MR) is 53.2 cm³/mol.